The van der Waals surface area contributed by atoms with Gasteiger partial charge in [0.15, 0.2) is 24.7 Å². The molecule has 22 nitrogen and oxygen atoms in total. The summed E-state index contributed by atoms with van der Waals surface area (Å²) in [4.78, 5) is 101. The largest absolute Gasteiger partial charge is 0.507 e. The molecule has 22 heteroatoms. The average molecular weight is 1070 g/mol. The number of ether oxygens (including phenoxy) is 4. The van der Waals surface area contributed by atoms with Crippen LogP contribution in [0.3, 0.4) is 0 Å². The highest BCUT2D eigenvalue weighted by molar-refractivity contribution is 6.40. The third-order valence-electron chi connectivity index (χ3n) is 12.4. The van der Waals surface area contributed by atoms with Crippen molar-refractivity contribution >= 4 is 56.9 Å². The number of rotatable bonds is 39. The summed E-state index contributed by atoms with van der Waals surface area (Å²) in [5, 5.41) is 14.5. The minimum Gasteiger partial charge on any atom is -0.507 e. The standard InChI is InChI=1S/C54H82N8O14/c1-32(2)20-22-34-42(74-30-40(63)49(66)36(16-8-12-24-55)59-53(69)38(62-73-7)18-10-14-26-57)28-44-47(48(34)65)51(68)46-35(23-21-33(3)4)52(71-5)45(29-43(46)76-44)75-31-41(64)50(67)37(17-9-13-25-56)60-61-39(54(70)72-6)19-11-15-27-58/h20-21,28-29,36-39,60-62,65H,8-19,22-27,30-31,55-58H2,1-7H3,(H,59,69)/t36-,37-,38-,39-/m0/s1. The van der Waals surface area contributed by atoms with Crippen molar-refractivity contribution in [2.75, 3.05) is 60.7 Å². The first-order valence-electron chi connectivity index (χ1n) is 25.9. The van der Waals surface area contributed by atoms with Crippen LogP contribution in [-0.4, -0.2) is 125 Å². The lowest BCUT2D eigenvalue weighted by atomic mass is 9.98. The minimum atomic E-state index is -1.22. The Morgan fingerprint density at radius 1 is 0.618 bits per heavy atom. The molecule has 3 rings (SSSR count). The van der Waals surface area contributed by atoms with Crippen molar-refractivity contribution in [2.45, 2.75) is 142 Å². The van der Waals surface area contributed by atoms with E-state index in [1.165, 1.54) is 33.5 Å². The molecule has 1 amide bonds. The Balaban J connectivity index is 2.12. The minimum absolute atomic E-state index is 0.0291. The Morgan fingerprint density at radius 2 is 1.08 bits per heavy atom. The van der Waals surface area contributed by atoms with Gasteiger partial charge in [-0.05, 0) is 131 Å². The van der Waals surface area contributed by atoms with Crippen molar-refractivity contribution in [2.24, 2.45) is 22.9 Å². The first-order chi connectivity index (χ1) is 36.4. The number of allylic oxidation sites excluding steroid dienone is 4. The fourth-order valence-corrected chi connectivity index (χ4v) is 8.24. The van der Waals surface area contributed by atoms with E-state index in [1.807, 2.05) is 33.8 Å². The number of hydrogen-bond donors (Lipinski definition) is 9. The van der Waals surface area contributed by atoms with Gasteiger partial charge in [0, 0.05) is 23.3 Å². The van der Waals surface area contributed by atoms with Crippen LogP contribution in [0.4, 0.5) is 0 Å². The molecule has 0 bridgehead atoms. The molecule has 1 aromatic heterocycles. The van der Waals surface area contributed by atoms with Gasteiger partial charge in [0.1, 0.15) is 40.1 Å². The summed E-state index contributed by atoms with van der Waals surface area (Å²) >= 11 is 0. The van der Waals surface area contributed by atoms with Crippen LogP contribution in [0.1, 0.15) is 116 Å². The zero-order valence-electron chi connectivity index (χ0n) is 45.3. The number of nitrogens with one attached hydrogen (secondary N) is 4. The van der Waals surface area contributed by atoms with Gasteiger partial charge >= 0.3 is 5.97 Å². The lowest BCUT2D eigenvalue weighted by Crippen LogP contribution is -2.54. The van der Waals surface area contributed by atoms with Crippen LogP contribution in [-0.2, 0) is 51.2 Å². The lowest BCUT2D eigenvalue weighted by molar-refractivity contribution is -0.144. The second-order valence-electron chi connectivity index (χ2n) is 18.9. The quantitative estimate of drug-likeness (QED) is 0.00988. The highest BCUT2D eigenvalue weighted by Gasteiger charge is 2.32. The number of fused-ring (bicyclic) bond motifs is 2. The normalized spacial score (nSPS) is 12.8. The molecule has 0 spiro atoms. The summed E-state index contributed by atoms with van der Waals surface area (Å²) in [6, 6.07) is -1.28. The zero-order valence-corrected chi connectivity index (χ0v) is 45.3. The van der Waals surface area contributed by atoms with E-state index in [-0.39, 0.29) is 70.4 Å². The highest BCUT2D eigenvalue weighted by atomic mass is 16.6. The van der Waals surface area contributed by atoms with Gasteiger partial charge in [-0.15, -0.1) is 0 Å². The molecule has 0 saturated heterocycles. The summed E-state index contributed by atoms with van der Waals surface area (Å²) in [5.74, 6) is -5.32. The van der Waals surface area contributed by atoms with E-state index < -0.39 is 83.6 Å². The van der Waals surface area contributed by atoms with E-state index in [2.05, 4.69) is 21.6 Å². The van der Waals surface area contributed by atoms with Crippen molar-refractivity contribution < 1.29 is 62.1 Å². The molecule has 0 radical (unpaired) electrons. The summed E-state index contributed by atoms with van der Waals surface area (Å²) in [6.45, 7) is 7.36. The number of aromatic hydroxyl groups is 1. The van der Waals surface area contributed by atoms with Crippen LogP contribution < -0.4 is 64.2 Å². The van der Waals surface area contributed by atoms with Crippen LogP contribution in [0.25, 0.3) is 21.9 Å². The van der Waals surface area contributed by atoms with Gasteiger partial charge in [-0.25, -0.2) is 10.9 Å². The first kappa shape index (κ1) is 64.2. The van der Waals surface area contributed by atoms with Gasteiger partial charge in [0.2, 0.25) is 34.5 Å². The molecule has 76 heavy (non-hydrogen) atoms. The van der Waals surface area contributed by atoms with Gasteiger partial charge in [-0.3, -0.25) is 33.6 Å². The molecule has 0 aliphatic rings. The maximum absolute atomic E-state index is 14.8. The van der Waals surface area contributed by atoms with E-state index in [4.69, 9.17) is 51.1 Å². The number of benzene rings is 2. The fourth-order valence-electron chi connectivity index (χ4n) is 8.24. The second kappa shape index (κ2) is 33.8. The number of carbonyl (C=O) groups excluding carboxylic acids is 6. The Bertz CT molecular complexity index is 2550. The van der Waals surface area contributed by atoms with Crippen LogP contribution in [0.15, 0.2) is 44.6 Å². The molecule has 13 N–H and O–H groups in total. The number of hydrogen-bond acceptors (Lipinski definition) is 21. The fraction of sp³-hybridized carbons (Fsp3) is 0.574. The maximum Gasteiger partial charge on any atom is 0.324 e. The average Bonchev–Trinajstić information content (AvgIpc) is 3.42. The Kier molecular flexibility index (Phi) is 28.6. The van der Waals surface area contributed by atoms with Gasteiger partial charge < -0.3 is 61.6 Å². The van der Waals surface area contributed by atoms with Crippen LogP contribution in [0.5, 0.6) is 23.0 Å². The number of hydrazine groups is 1. The number of phenolic OH excluding ortho intramolecular Hbond substituents is 1. The van der Waals surface area contributed by atoms with Gasteiger partial charge in [0.25, 0.3) is 0 Å². The number of amides is 1. The Morgan fingerprint density at radius 3 is 1.59 bits per heavy atom. The Labute approximate surface area is 444 Å². The number of methoxy groups -OCH3 is 2. The third-order valence-corrected chi connectivity index (χ3v) is 12.4. The second-order valence-corrected chi connectivity index (χ2v) is 18.9. The molecule has 0 saturated carbocycles. The van der Waals surface area contributed by atoms with Gasteiger partial charge in [-0.2, -0.15) is 5.48 Å². The molecule has 4 atom stereocenters. The predicted molar refractivity (Wildman–Crippen MR) is 289 cm³/mol. The van der Waals surface area contributed by atoms with E-state index >= 15 is 0 Å². The summed E-state index contributed by atoms with van der Waals surface area (Å²) in [5.41, 5.74) is 32.4. The smallest absolute Gasteiger partial charge is 0.324 e. The molecule has 1 heterocycles. The summed E-state index contributed by atoms with van der Waals surface area (Å²) in [7, 11) is 3.96. The van der Waals surface area contributed by atoms with Crippen molar-refractivity contribution in [1.82, 2.24) is 21.6 Å². The molecule has 0 unspecified atom stereocenters. The predicted octanol–water partition coefficient (Wildman–Crippen LogP) is 3.24. The van der Waals surface area contributed by atoms with Crippen molar-refractivity contribution in [1.29, 1.82) is 0 Å². The molecule has 0 aliphatic heterocycles. The number of ketones is 4. The van der Waals surface area contributed by atoms with E-state index in [0.29, 0.717) is 96.0 Å². The number of hydroxylamine groups is 1. The van der Waals surface area contributed by atoms with Crippen LogP contribution in [0.2, 0.25) is 0 Å². The monoisotopic (exact) mass is 1070 g/mol. The van der Waals surface area contributed by atoms with Crippen molar-refractivity contribution in [3.05, 3.63) is 56.8 Å². The van der Waals surface area contributed by atoms with Crippen molar-refractivity contribution in [3.63, 3.8) is 0 Å². The molecule has 422 valence electrons. The number of phenols is 1. The van der Waals surface area contributed by atoms with E-state index in [0.717, 1.165) is 11.1 Å². The SMILES string of the molecule is CON[C@@H](CCCCN)C(=O)N[C@@H](CCCCN)C(=O)C(=O)COc1cc2oc3cc(OCC(=O)C(=O)[C@H](CCCCN)NN[C@@H](CCCCN)C(=O)OC)c(OC)c(CC=C(C)C)c3c(=O)c2c(O)c1CC=C(C)C. The first-order valence-corrected chi connectivity index (χ1v) is 25.9. The highest BCUT2D eigenvalue weighted by Crippen LogP contribution is 2.42. The van der Waals surface area contributed by atoms with Crippen LogP contribution >= 0.6 is 0 Å². The third kappa shape index (κ3) is 19.2. The van der Waals surface area contributed by atoms with Gasteiger partial charge in [0.05, 0.1) is 38.8 Å². The number of Topliss-reactive ketones (excluding diaryl/α,β-unsaturated/α-hetero) is 4. The molecular weight excluding hydrogens is 985 g/mol. The number of carbonyl (C=O) groups is 6. The van der Waals surface area contributed by atoms with Crippen LogP contribution in [0, 0.1) is 0 Å². The van der Waals surface area contributed by atoms with E-state index in [1.54, 1.807) is 6.08 Å². The summed E-state index contributed by atoms with van der Waals surface area (Å²) < 4.78 is 29.2. The number of unbranched alkanes of at least 4 members (excludes halogenated alkanes) is 4. The van der Waals surface area contributed by atoms with Gasteiger partial charge in [-0.1, -0.05) is 36.1 Å². The Hall–Kier alpha value is -6.11. The summed E-state index contributed by atoms with van der Waals surface area (Å²) in [6.07, 6.45) is 9.34. The molecular formula is C54H82N8O14. The number of nitrogens with two attached hydrogens (primary N) is 4. The maximum atomic E-state index is 14.8. The van der Waals surface area contributed by atoms with E-state index in [9.17, 15) is 38.7 Å². The lowest BCUT2D eigenvalue weighted by Gasteiger charge is -2.22. The van der Waals surface area contributed by atoms with Crippen molar-refractivity contribution in [3.8, 4) is 23.0 Å². The molecule has 3 aromatic rings. The number of esters is 1. The molecule has 2 aromatic carbocycles. The molecule has 0 fully saturated rings. The zero-order chi connectivity index (χ0) is 56.3. The topological polar surface area (TPSA) is 351 Å². The molecule has 0 aliphatic carbocycles.